The minimum atomic E-state index is -0.666. The highest BCUT2D eigenvalue weighted by Crippen LogP contribution is 2.35. The molecule has 2 aliphatic carbocycles. The summed E-state index contributed by atoms with van der Waals surface area (Å²) >= 11 is 0. The van der Waals surface area contributed by atoms with Gasteiger partial charge in [0.05, 0.1) is 36.6 Å². The summed E-state index contributed by atoms with van der Waals surface area (Å²) in [7, 11) is 4.67. The van der Waals surface area contributed by atoms with Crippen molar-refractivity contribution in [2.75, 3.05) is 45.0 Å². The fraction of sp³-hybridized carbons (Fsp3) is 0.446. The molecule has 2 aliphatic rings. The maximum absolute atomic E-state index is 14.3. The van der Waals surface area contributed by atoms with E-state index in [9.17, 15) is 28.8 Å². The van der Waals surface area contributed by atoms with Crippen molar-refractivity contribution in [2.24, 2.45) is 17.4 Å². The fourth-order valence-corrected chi connectivity index (χ4v) is 10.7. The van der Waals surface area contributed by atoms with Crippen LogP contribution in [0.5, 0.6) is 11.5 Å². The SMILES string of the molecule is CCn1nc(C)cc1C(=O)Nc1nc2cc(C(N)=O)cc(OC)c2n1CCCN(C(=O)OC1CCC(Cc2cc(C(=O)Nc3nc4cc(C(N)=O)cc(OC)c4n3CCCNC(=O)N(C)Cc3ccncc3)n(CC)n2)C1)C1CCC1. The lowest BCUT2D eigenvalue weighted by molar-refractivity contribution is 0.0374. The number of urea groups is 1. The van der Waals surface area contributed by atoms with Crippen LogP contribution in [0.4, 0.5) is 21.5 Å². The number of fused-ring (bicyclic) bond motifs is 2. The third-order valence-electron chi connectivity index (χ3n) is 15.0. The molecule has 2 atom stereocenters. The highest BCUT2D eigenvalue weighted by atomic mass is 16.6. The minimum absolute atomic E-state index is 0.0241. The second-order valence-corrected chi connectivity index (χ2v) is 20.5. The molecule has 5 heterocycles. The van der Waals surface area contributed by atoms with Gasteiger partial charge in [-0.1, -0.05) is 0 Å². The van der Waals surface area contributed by atoms with E-state index in [2.05, 4.69) is 26.0 Å². The Balaban J connectivity index is 0.842. The molecule has 81 heavy (non-hydrogen) atoms. The van der Waals surface area contributed by atoms with Crippen LogP contribution in [0.3, 0.4) is 0 Å². The molecule has 0 radical (unpaired) electrons. The van der Waals surface area contributed by atoms with Crippen LogP contribution in [-0.2, 0) is 43.9 Å². The number of hydrogen-bond acceptors (Lipinski definition) is 14. The number of carbonyl (C=O) groups excluding carboxylic acids is 6. The number of carbonyl (C=O) groups is 6. The molecule has 428 valence electrons. The molecule has 25 nitrogen and oxygen atoms in total. The average molecular weight is 1110 g/mol. The summed E-state index contributed by atoms with van der Waals surface area (Å²) in [5.41, 5.74) is 16.6. The van der Waals surface area contributed by atoms with Gasteiger partial charge in [-0.25, -0.2) is 19.6 Å². The summed E-state index contributed by atoms with van der Waals surface area (Å²) in [4.78, 5) is 96.6. The number of nitrogens with two attached hydrogens (primary N) is 2. The largest absolute Gasteiger partial charge is 0.494 e. The van der Waals surface area contributed by atoms with Crippen LogP contribution in [0.25, 0.3) is 22.1 Å². The Morgan fingerprint density at radius 2 is 1.32 bits per heavy atom. The molecule has 7 aromatic rings. The zero-order chi connectivity index (χ0) is 57.5. The van der Waals surface area contributed by atoms with Crippen molar-refractivity contribution in [1.29, 1.82) is 0 Å². The van der Waals surface area contributed by atoms with Gasteiger partial charge in [-0.05, 0) is 139 Å². The molecule has 2 unspecified atom stereocenters. The second-order valence-electron chi connectivity index (χ2n) is 20.5. The maximum Gasteiger partial charge on any atom is 0.410 e. The Labute approximate surface area is 467 Å². The van der Waals surface area contributed by atoms with Gasteiger partial charge < -0.3 is 49.9 Å². The van der Waals surface area contributed by atoms with Crippen LogP contribution in [0, 0.1) is 12.8 Å². The molecular weight excluding hydrogens is 1040 g/mol. The van der Waals surface area contributed by atoms with Crippen molar-refractivity contribution in [3.05, 3.63) is 100 Å². The van der Waals surface area contributed by atoms with E-state index in [0.29, 0.717) is 129 Å². The number of primary amides is 2. The van der Waals surface area contributed by atoms with Gasteiger partial charge in [0.1, 0.15) is 40.0 Å². The third-order valence-corrected chi connectivity index (χ3v) is 15.0. The maximum atomic E-state index is 14.3. The quantitative estimate of drug-likeness (QED) is 0.0417. The van der Waals surface area contributed by atoms with E-state index in [1.54, 1.807) is 68.6 Å². The van der Waals surface area contributed by atoms with Crippen LogP contribution >= 0.6 is 0 Å². The van der Waals surface area contributed by atoms with Crippen molar-refractivity contribution in [3.8, 4) is 11.5 Å². The Hall–Kier alpha value is -9.03. The van der Waals surface area contributed by atoms with Crippen LogP contribution in [0.2, 0.25) is 0 Å². The number of pyridine rings is 1. The predicted octanol–water partition coefficient (Wildman–Crippen LogP) is 6.27. The molecule has 2 saturated carbocycles. The Morgan fingerprint density at radius 3 is 1.88 bits per heavy atom. The molecule has 2 aromatic carbocycles. The summed E-state index contributed by atoms with van der Waals surface area (Å²) in [5, 5.41) is 18.1. The van der Waals surface area contributed by atoms with Gasteiger partial charge in [0.2, 0.25) is 23.7 Å². The first kappa shape index (κ1) is 56.7. The zero-order valence-electron chi connectivity index (χ0n) is 46.6. The van der Waals surface area contributed by atoms with Crippen LogP contribution in [0.15, 0.2) is 60.9 Å². The van der Waals surface area contributed by atoms with Gasteiger partial charge in [0, 0.05) is 82.4 Å². The number of aryl methyl sites for hydroxylation is 5. The summed E-state index contributed by atoms with van der Waals surface area (Å²) < 4.78 is 24.6. The number of anilines is 2. The molecule has 7 amide bonds. The van der Waals surface area contributed by atoms with Crippen molar-refractivity contribution in [2.45, 2.75) is 123 Å². The molecular formula is C56H70N16O9. The first-order valence-electron chi connectivity index (χ1n) is 27.4. The number of amides is 7. The van der Waals surface area contributed by atoms with E-state index in [1.807, 2.05) is 42.4 Å². The molecule has 2 fully saturated rings. The van der Waals surface area contributed by atoms with Gasteiger partial charge in [-0.15, -0.1) is 0 Å². The van der Waals surface area contributed by atoms with E-state index in [-0.39, 0.29) is 53.2 Å². The highest BCUT2D eigenvalue weighted by Gasteiger charge is 2.35. The molecule has 0 saturated heterocycles. The lowest BCUT2D eigenvalue weighted by atomic mass is 9.91. The van der Waals surface area contributed by atoms with Gasteiger partial charge >= 0.3 is 12.1 Å². The van der Waals surface area contributed by atoms with E-state index < -0.39 is 23.6 Å². The summed E-state index contributed by atoms with van der Waals surface area (Å²) in [6, 6.07) is 13.1. The Kier molecular flexibility index (Phi) is 17.5. The summed E-state index contributed by atoms with van der Waals surface area (Å²) in [6.07, 6.45) is 8.97. The van der Waals surface area contributed by atoms with Crippen molar-refractivity contribution in [3.63, 3.8) is 0 Å². The first-order valence-corrected chi connectivity index (χ1v) is 27.4. The number of benzene rings is 2. The molecule has 0 bridgehead atoms. The van der Waals surface area contributed by atoms with Gasteiger partial charge in [0.15, 0.2) is 0 Å². The standard InChI is InChI=1S/C56H70N16O9/c1-7-71-43(24-33(3)65-71)51(75)63-54-62-42-28-37(50(58)74)30-46(80-6)48(42)70(54)23-11-22-68(39-12-9-13-39)56(78)81-40-15-14-35(26-40)25-38-31-44(72(8-2)66-38)52(76)64-53-61-41-27-36(49(57)73)29-45(79-5)47(41)69(53)21-10-18-60-55(77)67(4)32-34-16-19-59-20-17-34/h16-17,19-20,24,27-31,35,39-40H,7-15,18,21-23,25-26,32H2,1-6H3,(H2,57,73)(H2,58,74)(H,60,77)(H,61,64,76)(H,62,63,75). The van der Waals surface area contributed by atoms with E-state index >= 15 is 0 Å². The lowest BCUT2D eigenvalue weighted by Gasteiger charge is -2.37. The molecule has 7 N–H and O–H groups in total. The van der Waals surface area contributed by atoms with Crippen LogP contribution < -0.4 is 36.9 Å². The lowest BCUT2D eigenvalue weighted by Crippen LogP contribution is -2.46. The Bertz CT molecular complexity index is 3470. The number of ether oxygens (including phenoxy) is 3. The highest BCUT2D eigenvalue weighted by molar-refractivity contribution is 6.05. The average Bonchev–Trinajstić information content (AvgIpc) is 4.39. The molecule has 9 rings (SSSR count). The topological polar surface area (TPSA) is 309 Å². The molecule has 0 aliphatic heterocycles. The van der Waals surface area contributed by atoms with Crippen LogP contribution in [0.1, 0.15) is 124 Å². The number of rotatable bonds is 24. The molecule has 25 heteroatoms. The molecule has 0 spiro atoms. The van der Waals surface area contributed by atoms with Crippen LogP contribution in [-0.4, -0.2) is 136 Å². The zero-order valence-corrected chi connectivity index (χ0v) is 46.6. The predicted molar refractivity (Wildman–Crippen MR) is 300 cm³/mol. The minimum Gasteiger partial charge on any atom is -0.494 e. The molecule has 5 aromatic heterocycles. The third kappa shape index (κ3) is 12.7. The number of hydrogen-bond donors (Lipinski definition) is 5. The van der Waals surface area contributed by atoms with E-state index in [4.69, 9.17) is 40.7 Å². The van der Waals surface area contributed by atoms with Gasteiger partial charge in [-0.2, -0.15) is 10.2 Å². The van der Waals surface area contributed by atoms with Gasteiger partial charge in [-0.3, -0.25) is 44.2 Å². The Morgan fingerprint density at radius 1 is 0.741 bits per heavy atom. The monoisotopic (exact) mass is 1110 g/mol. The van der Waals surface area contributed by atoms with Crippen molar-refractivity contribution >= 4 is 69.7 Å². The summed E-state index contributed by atoms with van der Waals surface area (Å²) in [5.74, 6) is -0.913. The second kappa shape index (κ2) is 25.0. The number of aromatic nitrogens is 9. The normalized spacial score (nSPS) is 15.1. The van der Waals surface area contributed by atoms with E-state index in [1.165, 1.54) is 20.3 Å². The van der Waals surface area contributed by atoms with E-state index in [0.717, 1.165) is 36.9 Å². The fourth-order valence-electron chi connectivity index (χ4n) is 10.7. The summed E-state index contributed by atoms with van der Waals surface area (Å²) in [6.45, 7) is 8.24. The van der Waals surface area contributed by atoms with Crippen molar-refractivity contribution in [1.82, 2.24) is 58.8 Å². The number of nitrogens with one attached hydrogen (secondary N) is 3. The van der Waals surface area contributed by atoms with Gasteiger partial charge in [0.25, 0.3) is 11.8 Å². The number of imidazole rings is 2. The number of nitrogens with zero attached hydrogens (tertiary/aromatic N) is 11. The number of methoxy groups -OCH3 is 2. The first-order chi connectivity index (χ1) is 39.0. The smallest absolute Gasteiger partial charge is 0.410 e. The van der Waals surface area contributed by atoms with Crippen molar-refractivity contribution < 1.29 is 43.0 Å².